The van der Waals surface area contributed by atoms with Crippen molar-refractivity contribution in [3.05, 3.63) is 29.2 Å². The number of carbonyl (C=O) groups excluding carboxylic acids is 1. The molecule has 136 valence electrons. The molecule has 0 bridgehead atoms. The molecule has 0 spiro atoms. The van der Waals surface area contributed by atoms with Crippen molar-refractivity contribution in [1.82, 2.24) is 15.2 Å². The zero-order valence-electron chi connectivity index (χ0n) is 13.5. The summed E-state index contributed by atoms with van der Waals surface area (Å²) < 4.78 is 46.4. The highest BCUT2D eigenvalue weighted by Gasteiger charge is 2.41. The molecular weight excluding hydrogens is 351 g/mol. The number of ketones is 1. The van der Waals surface area contributed by atoms with E-state index in [1.165, 1.54) is 12.4 Å². The van der Waals surface area contributed by atoms with Gasteiger partial charge in [0.25, 0.3) is 0 Å². The van der Waals surface area contributed by atoms with E-state index in [1.54, 1.807) is 11.1 Å². The number of rotatable bonds is 2. The lowest BCUT2D eigenvalue weighted by Gasteiger charge is -2.29. The van der Waals surface area contributed by atoms with Gasteiger partial charge in [-0.15, -0.1) is 0 Å². The number of halogens is 3. The van der Waals surface area contributed by atoms with Gasteiger partial charge in [0.05, 0.1) is 30.0 Å². The van der Waals surface area contributed by atoms with Crippen LogP contribution in [0.15, 0.2) is 23.6 Å². The molecule has 1 N–H and O–H groups in total. The number of alkyl halides is 3. The first-order chi connectivity index (χ1) is 12.5. The Kier molecular flexibility index (Phi) is 3.98. The lowest BCUT2D eigenvalue weighted by atomic mass is 10.0. The molecule has 0 saturated carbocycles. The number of nitrogens with zero attached hydrogens (tertiary/aromatic N) is 4. The van der Waals surface area contributed by atoms with Crippen LogP contribution in [-0.4, -0.2) is 60.0 Å². The summed E-state index contributed by atoms with van der Waals surface area (Å²) in [7, 11) is 0. The Labute approximate surface area is 145 Å². The predicted molar refractivity (Wildman–Crippen MR) is 85.0 cm³/mol. The molecule has 0 amide bonds. The molecule has 26 heavy (non-hydrogen) atoms. The van der Waals surface area contributed by atoms with Crippen LogP contribution in [0, 0.1) is 0 Å². The van der Waals surface area contributed by atoms with E-state index in [0.717, 1.165) is 0 Å². The molecule has 7 nitrogen and oxygen atoms in total. The Hall–Kier alpha value is -2.75. The van der Waals surface area contributed by atoms with Crippen LogP contribution < -0.4 is 15.5 Å². The van der Waals surface area contributed by atoms with Crippen molar-refractivity contribution >= 4 is 17.2 Å². The number of fused-ring (bicyclic) bond motifs is 1. The molecule has 10 heteroatoms. The molecular formula is C16H14F3N5O2. The molecule has 4 heterocycles. The molecule has 2 aliphatic heterocycles. The number of H-pyrrole nitrogens is 1. The summed E-state index contributed by atoms with van der Waals surface area (Å²) in [5.41, 5.74) is -0.233. The molecule has 0 aliphatic carbocycles. The van der Waals surface area contributed by atoms with Crippen molar-refractivity contribution in [3.63, 3.8) is 0 Å². The van der Waals surface area contributed by atoms with E-state index < -0.39 is 24.1 Å². The molecule has 2 aromatic heterocycles. The topological polar surface area (TPSA) is 83.5 Å². The number of ether oxygens (including phenoxy) is 1. The normalized spacial score (nSPS) is 17.9. The van der Waals surface area contributed by atoms with Crippen molar-refractivity contribution in [3.8, 4) is 11.1 Å². The highest BCUT2D eigenvalue weighted by atomic mass is 19.4. The van der Waals surface area contributed by atoms with Crippen LogP contribution in [0.3, 0.4) is 0 Å². The van der Waals surface area contributed by atoms with E-state index in [0.29, 0.717) is 37.4 Å². The molecule has 1 fully saturated rings. The second-order valence-electron chi connectivity index (χ2n) is 5.92. The van der Waals surface area contributed by atoms with Crippen LogP contribution in [0.2, 0.25) is 0 Å². The second-order valence-corrected chi connectivity index (χ2v) is 5.92. The van der Waals surface area contributed by atoms with E-state index in [4.69, 9.17) is 4.74 Å². The first-order valence-corrected chi connectivity index (χ1v) is 7.97. The van der Waals surface area contributed by atoms with Crippen molar-refractivity contribution in [2.45, 2.75) is 6.18 Å². The molecule has 0 atom stereocenters. The largest absolute Gasteiger partial charge is 0.420 e. The number of morpholine rings is 1. The number of nitrogens with one attached hydrogen (secondary N) is 1. The summed E-state index contributed by atoms with van der Waals surface area (Å²) in [5.74, 6) is -0.940. The molecule has 0 radical (unpaired) electrons. The number of pyridine rings is 1. The van der Waals surface area contributed by atoms with Gasteiger partial charge >= 0.3 is 6.18 Å². The van der Waals surface area contributed by atoms with Gasteiger partial charge in [0.2, 0.25) is 0 Å². The zero-order valence-corrected chi connectivity index (χ0v) is 13.5. The first-order valence-electron chi connectivity index (χ1n) is 7.97. The van der Waals surface area contributed by atoms with Crippen molar-refractivity contribution in [1.29, 1.82) is 0 Å². The summed E-state index contributed by atoms with van der Waals surface area (Å²) in [6.45, 7) is 1.01. The van der Waals surface area contributed by atoms with Crippen molar-refractivity contribution in [2.24, 2.45) is 4.99 Å². The number of carbonyl (C=O) groups is 1. The average Bonchev–Trinajstić information content (AvgIpc) is 3.14. The summed E-state index contributed by atoms with van der Waals surface area (Å²) in [5, 5.41) is 6.31. The van der Waals surface area contributed by atoms with Crippen LogP contribution in [0.25, 0.3) is 16.7 Å². The molecule has 4 rings (SSSR count). The van der Waals surface area contributed by atoms with Crippen LogP contribution in [0.1, 0.15) is 0 Å². The molecule has 2 aliphatic rings. The Bertz CT molecular complexity index is 963. The maximum atomic E-state index is 13.7. The van der Waals surface area contributed by atoms with Crippen molar-refractivity contribution < 1.29 is 22.7 Å². The molecule has 2 aromatic rings. The Morgan fingerprint density at radius 3 is 2.62 bits per heavy atom. The maximum absolute atomic E-state index is 13.7. The quantitative estimate of drug-likeness (QED) is 0.824. The SMILES string of the molecule is O=C1CN=c2c(-c3cn[nH]c3)cnc(N3CCOCC3)c2=C1C(F)(F)F. The van der Waals surface area contributed by atoms with E-state index in [-0.39, 0.29) is 16.4 Å². The number of hydrogen-bond donors (Lipinski definition) is 1. The second kappa shape index (κ2) is 6.20. The smallest absolute Gasteiger partial charge is 0.378 e. The van der Waals surface area contributed by atoms with Gasteiger partial charge in [0.15, 0.2) is 5.78 Å². The molecule has 0 aromatic carbocycles. The maximum Gasteiger partial charge on any atom is 0.420 e. The van der Waals surface area contributed by atoms with E-state index in [9.17, 15) is 18.0 Å². The number of anilines is 1. The summed E-state index contributed by atoms with van der Waals surface area (Å²) in [6.07, 6.45) is -0.295. The zero-order chi connectivity index (χ0) is 18.3. The Morgan fingerprint density at radius 1 is 1.19 bits per heavy atom. The fourth-order valence-electron chi connectivity index (χ4n) is 3.18. The fourth-order valence-corrected chi connectivity index (χ4v) is 3.18. The van der Waals surface area contributed by atoms with E-state index in [2.05, 4.69) is 20.2 Å². The third-order valence-electron chi connectivity index (χ3n) is 4.34. The lowest BCUT2D eigenvalue weighted by molar-refractivity contribution is -0.119. The van der Waals surface area contributed by atoms with Crippen LogP contribution in [0.5, 0.6) is 0 Å². The number of aromatic amines is 1. The van der Waals surface area contributed by atoms with Gasteiger partial charge in [-0.3, -0.25) is 14.9 Å². The van der Waals surface area contributed by atoms with Gasteiger partial charge in [-0.2, -0.15) is 18.3 Å². The average molecular weight is 365 g/mol. The highest BCUT2D eigenvalue weighted by Crippen LogP contribution is 2.28. The monoisotopic (exact) mass is 365 g/mol. The van der Waals surface area contributed by atoms with Gasteiger partial charge in [-0.1, -0.05) is 0 Å². The third-order valence-corrected chi connectivity index (χ3v) is 4.34. The van der Waals surface area contributed by atoms with E-state index >= 15 is 0 Å². The number of aromatic nitrogens is 3. The van der Waals surface area contributed by atoms with Crippen LogP contribution in [-0.2, 0) is 9.53 Å². The number of hydrogen-bond acceptors (Lipinski definition) is 6. The molecule has 0 unspecified atom stereocenters. The number of Topliss-reactive ketones (excluding diaryl/α,β-unsaturated/α-hetero) is 1. The lowest BCUT2D eigenvalue weighted by Crippen LogP contribution is -2.48. The van der Waals surface area contributed by atoms with Gasteiger partial charge < -0.3 is 9.64 Å². The van der Waals surface area contributed by atoms with Gasteiger partial charge in [-0.25, -0.2) is 4.98 Å². The van der Waals surface area contributed by atoms with Crippen LogP contribution >= 0.6 is 0 Å². The minimum atomic E-state index is -4.79. The first kappa shape index (κ1) is 16.7. The minimum Gasteiger partial charge on any atom is -0.378 e. The predicted octanol–water partition coefficient (Wildman–Crippen LogP) is 0.224. The Balaban J connectivity index is 2.08. The van der Waals surface area contributed by atoms with Gasteiger partial charge in [0.1, 0.15) is 17.9 Å². The van der Waals surface area contributed by atoms with Crippen LogP contribution in [0.4, 0.5) is 19.0 Å². The fraction of sp³-hybridized carbons (Fsp3) is 0.375. The Morgan fingerprint density at radius 2 is 1.96 bits per heavy atom. The summed E-state index contributed by atoms with van der Waals surface area (Å²) >= 11 is 0. The third kappa shape index (κ3) is 2.75. The van der Waals surface area contributed by atoms with Crippen molar-refractivity contribution in [2.75, 3.05) is 37.7 Å². The highest BCUT2D eigenvalue weighted by molar-refractivity contribution is 6.18. The summed E-state index contributed by atoms with van der Waals surface area (Å²) in [6, 6.07) is 0. The van der Waals surface area contributed by atoms with Gasteiger partial charge in [-0.05, 0) is 0 Å². The summed E-state index contributed by atoms with van der Waals surface area (Å²) in [4.78, 5) is 22.2. The minimum absolute atomic E-state index is 0.111. The van der Waals surface area contributed by atoms with Gasteiger partial charge in [0, 0.05) is 36.6 Å². The standard InChI is InChI=1S/C16H14F3N5O2/c17-16(18,19)13-11(25)8-20-14-10(9-5-22-23-6-9)7-21-15(12(13)14)24-1-3-26-4-2-24/h5-7H,1-4,8H2,(H,22,23). The van der Waals surface area contributed by atoms with E-state index in [1.807, 2.05) is 0 Å². The molecule has 1 saturated heterocycles.